The molecular weight excluding hydrogens is 278 g/mol. The van der Waals surface area contributed by atoms with Gasteiger partial charge in [0.1, 0.15) is 12.2 Å². The molecule has 0 unspecified atom stereocenters. The van der Waals surface area contributed by atoms with Crippen LogP contribution in [0, 0.1) is 5.92 Å². The highest BCUT2D eigenvalue weighted by atomic mass is 16.2. The smallest absolute Gasteiger partial charge is 0.239 e. The number of carbonyl (C=O) groups is 1. The minimum atomic E-state index is -0.397. The quantitative estimate of drug-likeness (QED) is 0.902. The van der Waals surface area contributed by atoms with Gasteiger partial charge in [0.2, 0.25) is 5.91 Å². The Morgan fingerprint density at radius 1 is 1.45 bits per heavy atom. The summed E-state index contributed by atoms with van der Waals surface area (Å²) in [5, 5.41) is 8.34. The third-order valence-electron chi connectivity index (χ3n) is 4.80. The zero-order valence-corrected chi connectivity index (χ0v) is 14.2. The van der Waals surface area contributed by atoms with Crippen LogP contribution in [0.2, 0.25) is 0 Å². The summed E-state index contributed by atoms with van der Waals surface area (Å²) in [5.41, 5.74) is 6.12. The summed E-state index contributed by atoms with van der Waals surface area (Å²) in [6, 6.07) is -0.0647. The molecule has 0 radical (unpaired) electrons. The maximum atomic E-state index is 12.6. The lowest BCUT2D eigenvalue weighted by Gasteiger charge is -2.35. The van der Waals surface area contributed by atoms with E-state index in [0.29, 0.717) is 12.6 Å². The Kier molecular flexibility index (Phi) is 5.56. The van der Waals surface area contributed by atoms with Crippen molar-refractivity contribution in [2.24, 2.45) is 11.7 Å². The monoisotopic (exact) mass is 307 g/mol. The van der Waals surface area contributed by atoms with E-state index in [1.807, 2.05) is 11.8 Å². The average molecular weight is 307 g/mol. The third kappa shape index (κ3) is 3.48. The van der Waals surface area contributed by atoms with Crippen LogP contribution in [0.25, 0.3) is 0 Å². The molecule has 0 bridgehead atoms. The summed E-state index contributed by atoms with van der Waals surface area (Å²) in [6.45, 7) is 9.86. The Labute approximate surface area is 133 Å². The number of likely N-dealkylation sites (tertiary alicyclic amines) is 1. The largest absolute Gasteiger partial charge is 0.341 e. The zero-order valence-electron chi connectivity index (χ0n) is 14.2. The van der Waals surface area contributed by atoms with Gasteiger partial charge in [-0.3, -0.25) is 4.79 Å². The van der Waals surface area contributed by atoms with Gasteiger partial charge in [0, 0.05) is 25.0 Å². The molecule has 2 N–H and O–H groups in total. The van der Waals surface area contributed by atoms with Gasteiger partial charge in [-0.2, -0.15) is 0 Å². The molecule has 22 heavy (non-hydrogen) atoms. The number of aromatic nitrogens is 3. The van der Waals surface area contributed by atoms with E-state index in [9.17, 15) is 4.79 Å². The molecule has 1 aromatic rings. The number of hydrogen-bond acceptors (Lipinski definition) is 4. The maximum absolute atomic E-state index is 12.6. The molecule has 1 aliphatic rings. The molecular formula is C16H29N5O. The summed E-state index contributed by atoms with van der Waals surface area (Å²) < 4.78 is 2.10. The second kappa shape index (κ2) is 7.22. The van der Waals surface area contributed by atoms with Crippen LogP contribution in [0.3, 0.4) is 0 Å². The lowest BCUT2D eigenvalue weighted by atomic mass is 9.94. The van der Waals surface area contributed by atoms with Gasteiger partial charge in [0.05, 0.1) is 6.04 Å². The number of hydrogen-bond donors (Lipinski definition) is 1. The summed E-state index contributed by atoms with van der Waals surface area (Å²) in [7, 11) is 0. The molecule has 6 heteroatoms. The Balaban J connectivity index is 2.09. The summed E-state index contributed by atoms with van der Waals surface area (Å²) >= 11 is 0. The van der Waals surface area contributed by atoms with Crippen LogP contribution >= 0.6 is 0 Å². The van der Waals surface area contributed by atoms with Crippen molar-refractivity contribution in [1.29, 1.82) is 0 Å². The van der Waals surface area contributed by atoms with Crippen molar-refractivity contribution in [2.75, 3.05) is 13.1 Å². The molecule has 0 aliphatic carbocycles. The molecule has 1 fully saturated rings. The highest BCUT2D eigenvalue weighted by Gasteiger charge is 2.31. The SMILES string of the molecule is CC[C@H](C)[C@H](N)C(=O)N1CCC[C@H](c2nncn2C(C)C)C1. The first-order chi connectivity index (χ1) is 10.5. The van der Waals surface area contributed by atoms with Crippen molar-refractivity contribution in [3.8, 4) is 0 Å². The van der Waals surface area contributed by atoms with Gasteiger partial charge >= 0.3 is 0 Å². The fourth-order valence-electron chi connectivity index (χ4n) is 3.04. The van der Waals surface area contributed by atoms with Crippen LogP contribution < -0.4 is 5.73 Å². The molecule has 2 heterocycles. The zero-order chi connectivity index (χ0) is 16.3. The van der Waals surface area contributed by atoms with E-state index in [1.165, 1.54) is 0 Å². The van der Waals surface area contributed by atoms with Crippen molar-refractivity contribution in [3.63, 3.8) is 0 Å². The highest BCUT2D eigenvalue weighted by Crippen LogP contribution is 2.27. The van der Waals surface area contributed by atoms with E-state index in [0.717, 1.165) is 31.6 Å². The second-order valence-electron chi connectivity index (χ2n) is 6.72. The Bertz CT molecular complexity index is 498. The van der Waals surface area contributed by atoms with Crippen molar-refractivity contribution in [3.05, 3.63) is 12.2 Å². The number of nitrogens with two attached hydrogens (primary N) is 1. The van der Waals surface area contributed by atoms with Gasteiger partial charge < -0.3 is 15.2 Å². The van der Waals surface area contributed by atoms with Crippen LogP contribution in [0.5, 0.6) is 0 Å². The lowest BCUT2D eigenvalue weighted by Crippen LogP contribution is -2.50. The molecule has 6 nitrogen and oxygen atoms in total. The van der Waals surface area contributed by atoms with Gasteiger partial charge in [-0.05, 0) is 32.6 Å². The number of carbonyl (C=O) groups excluding carboxylic acids is 1. The number of amides is 1. The third-order valence-corrected chi connectivity index (χ3v) is 4.80. The summed E-state index contributed by atoms with van der Waals surface area (Å²) in [6.07, 6.45) is 4.75. The normalized spacial score (nSPS) is 21.9. The fourth-order valence-corrected chi connectivity index (χ4v) is 3.04. The van der Waals surface area contributed by atoms with Gasteiger partial charge in [-0.1, -0.05) is 20.3 Å². The Hall–Kier alpha value is -1.43. The molecule has 0 saturated carbocycles. The topological polar surface area (TPSA) is 77.0 Å². The molecule has 1 saturated heterocycles. The molecule has 124 valence electrons. The predicted octanol–water partition coefficient (Wildman–Crippen LogP) is 1.94. The fraction of sp³-hybridized carbons (Fsp3) is 0.812. The minimum Gasteiger partial charge on any atom is -0.341 e. The highest BCUT2D eigenvalue weighted by molar-refractivity contribution is 5.82. The first-order valence-electron chi connectivity index (χ1n) is 8.39. The molecule has 1 aromatic heterocycles. The molecule has 1 amide bonds. The van der Waals surface area contributed by atoms with Crippen molar-refractivity contribution >= 4 is 5.91 Å². The average Bonchev–Trinajstić information content (AvgIpc) is 3.02. The van der Waals surface area contributed by atoms with Crippen LogP contribution in [-0.2, 0) is 4.79 Å². The van der Waals surface area contributed by atoms with E-state index >= 15 is 0 Å². The Morgan fingerprint density at radius 2 is 2.18 bits per heavy atom. The summed E-state index contributed by atoms with van der Waals surface area (Å²) in [5.74, 6) is 1.54. The first kappa shape index (κ1) is 16.9. The summed E-state index contributed by atoms with van der Waals surface area (Å²) in [4.78, 5) is 14.5. The van der Waals surface area contributed by atoms with E-state index < -0.39 is 6.04 Å². The second-order valence-corrected chi connectivity index (χ2v) is 6.72. The van der Waals surface area contributed by atoms with Crippen molar-refractivity contribution < 1.29 is 4.79 Å². The number of piperidine rings is 1. The molecule has 0 aromatic carbocycles. The lowest BCUT2D eigenvalue weighted by molar-refractivity contribution is -0.135. The minimum absolute atomic E-state index is 0.0784. The number of nitrogens with zero attached hydrogens (tertiary/aromatic N) is 4. The van der Waals surface area contributed by atoms with Gasteiger partial charge in [0.25, 0.3) is 0 Å². The van der Waals surface area contributed by atoms with E-state index in [-0.39, 0.29) is 17.7 Å². The van der Waals surface area contributed by atoms with Gasteiger partial charge in [-0.15, -0.1) is 10.2 Å². The van der Waals surface area contributed by atoms with E-state index in [2.05, 4.69) is 35.5 Å². The van der Waals surface area contributed by atoms with E-state index in [4.69, 9.17) is 5.73 Å². The maximum Gasteiger partial charge on any atom is 0.239 e. The molecule has 1 aliphatic heterocycles. The molecule has 3 atom stereocenters. The van der Waals surface area contributed by atoms with E-state index in [1.54, 1.807) is 6.33 Å². The van der Waals surface area contributed by atoms with Crippen LogP contribution in [0.4, 0.5) is 0 Å². The van der Waals surface area contributed by atoms with Crippen LogP contribution in [-0.4, -0.2) is 44.7 Å². The standard InChI is InChI=1S/C16H29N5O/c1-5-12(4)14(17)16(22)20-8-6-7-13(9-20)15-19-18-10-21(15)11(2)3/h10-14H,5-9,17H2,1-4H3/t12-,13-,14-/m0/s1. The molecule has 2 rings (SSSR count). The first-order valence-corrected chi connectivity index (χ1v) is 8.39. The predicted molar refractivity (Wildman–Crippen MR) is 86.4 cm³/mol. The Morgan fingerprint density at radius 3 is 2.82 bits per heavy atom. The van der Waals surface area contributed by atoms with Crippen LogP contribution in [0.15, 0.2) is 6.33 Å². The van der Waals surface area contributed by atoms with Gasteiger partial charge in [-0.25, -0.2) is 0 Å². The van der Waals surface area contributed by atoms with Crippen molar-refractivity contribution in [2.45, 2.75) is 65.0 Å². The number of rotatable bonds is 5. The van der Waals surface area contributed by atoms with Gasteiger partial charge in [0.15, 0.2) is 0 Å². The van der Waals surface area contributed by atoms with Crippen LogP contribution in [0.1, 0.15) is 64.7 Å². The molecule has 0 spiro atoms. The van der Waals surface area contributed by atoms with Crippen molar-refractivity contribution in [1.82, 2.24) is 19.7 Å².